The highest BCUT2D eigenvalue weighted by Crippen LogP contribution is 2.15. The number of nitrogens with zero attached hydrogens (tertiary/aromatic N) is 2. The summed E-state index contributed by atoms with van der Waals surface area (Å²) in [7, 11) is 1.46. The molecule has 1 unspecified atom stereocenters. The molecule has 7 heteroatoms. The Morgan fingerprint density at radius 1 is 1.68 bits per heavy atom. The van der Waals surface area contributed by atoms with Crippen LogP contribution in [-0.2, 0) is 0 Å². The molecule has 0 fully saturated rings. The van der Waals surface area contributed by atoms with Crippen LogP contribution < -0.4 is 15.8 Å². The number of hydrogen-bond donors (Lipinski definition) is 3. The van der Waals surface area contributed by atoms with Crippen molar-refractivity contribution in [3.05, 3.63) is 24.0 Å². The predicted octanol–water partition coefficient (Wildman–Crippen LogP) is 0.735. The molecule has 0 bridgehead atoms. The van der Waals surface area contributed by atoms with Crippen LogP contribution in [0, 0.1) is 0 Å². The van der Waals surface area contributed by atoms with Gasteiger partial charge in [0.05, 0.1) is 24.9 Å². The van der Waals surface area contributed by atoms with E-state index in [9.17, 15) is 4.79 Å². The first-order valence-electron chi connectivity index (χ1n) is 5.90. The average Bonchev–Trinajstić information content (AvgIpc) is 2.45. The van der Waals surface area contributed by atoms with Crippen LogP contribution >= 0.6 is 0 Å². The number of amides is 1. The van der Waals surface area contributed by atoms with Gasteiger partial charge in [0.25, 0.3) is 5.91 Å². The van der Waals surface area contributed by atoms with Crippen molar-refractivity contribution >= 4 is 11.7 Å². The Kier molecular flexibility index (Phi) is 5.59. The Labute approximate surface area is 111 Å². The molecule has 0 saturated heterocycles. The Hall–Kier alpha value is -2.31. The minimum absolute atomic E-state index is 0.0248. The van der Waals surface area contributed by atoms with E-state index in [1.165, 1.54) is 19.5 Å². The van der Waals surface area contributed by atoms with Gasteiger partial charge in [-0.3, -0.25) is 9.78 Å². The number of ether oxygens (including phenoxy) is 1. The second kappa shape index (κ2) is 7.20. The fourth-order valence-corrected chi connectivity index (χ4v) is 1.62. The lowest BCUT2D eigenvalue weighted by atomic mass is 10.1. The molecular formula is C12H18N4O3. The molecule has 1 heterocycles. The molecule has 1 rings (SSSR count). The lowest BCUT2D eigenvalue weighted by molar-refractivity contribution is 0.0941. The standard InChI is InChI=1S/C12H18N4O3/c1-3-4-9(11(13)16-18)15-12(17)8-5-6-14-7-10(8)19-2/h5-7,9,18H,3-4H2,1-2H3,(H2,13,16)(H,15,17). The minimum Gasteiger partial charge on any atom is -0.494 e. The van der Waals surface area contributed by atoms with Crippen LogP contribution in [0.2, 0.25) is 0 Å². The third-order valence-electron chi connectivity index (χ3n) is 2.60. The first-order valence-corrected chi connectivity index (χ1v) is 5.90. The Balaban J connectivity index is 2.87. The lowest BCUT2D eigenvalue weighted by Gasteiger charge is -2.17. The molecule has 1 amide bonds. The Bertz CT molecular complexity index is 462. The summed E-state index contributed by atoms with van der Waals surface area (Å²) in [5.41, 5.74) is 5.89. The molecule has 104 valence electrons. The van der Waals surface area contributed by atoms with Crippen molar-refractivity contribution in [1.29, 1.82) is 0 Å². The maximum Gasteiger partial charge on any atom is 0.255 e. The van der Waals surface area contributed by atoms with Crippen LogP contribution in [0.25, 0.3) is 0 Å². The van der Waals surface area contributed by atoms with E-state index < -0.39 is 6.04 Å². The normalized spacial score (nSPS) is 12.8. The maximum absolute atomic E-state index is 12.1. The summed E-state index contributed by atoms with van der Waals surface area (Å²) < 4.78 is 5.06. The summed E-state index contributed by atoms with van der Waals surface area (Å²) in [6.07, 6.45) is 4.31. The molecule has 0 radical (unpaired) electrons. The van der Waals surface area contributed by atoms with Crippen LogP contribution in [0.5, 0.6) is 5.75 Å². The van der Waals surface area contributed by atoms with E-state index in [-0.39, 0.29) is 11.7 Å². The molecule has 19 heavy (non-hydrogen) atoms. The second-order valence-corrected chi connectivity index (χ2v) is 3.92. The zero-order valence-electron chi connectivity index (χ0n) is 11.0. The predicted molar refractivity (Wildman–Crippen MR) is 70.4 cm³/mol. The number of nitrogens with two attached hydrogens (primary N) is 1. The molecule has 4 N–H and O–H groups in total. The molecule has 0 saturated carbocycles. The van der Waals surface area contributed by atoms with Gasteiger partial charge < -0.3 is 21.0 Å². The number of aromatic nitrogens is 1. The first-order chi connectivity index (χ1) is 9.13. The third kappa shape index (κ3) is 3.84. The second-order valence-electron chi connectivity index (χ2n) is 3.92. The molecular weight excluding hydrogens is 248 g/mol. The summed E-state index contributed by atoms with van der Waals surface area (Å²) in [6, 6.07) is 1.03. The van der Waals surface area contributed by atoms with Crippen LogP contribution in [0.4, 0.5) is 0 Å². The topological polar surface area (TPSA) is 110 Å². The van der Waals surface area contributed by atoms with E-state index in [4.69, 9.17) is 15.7 Å². The quantitative estimate of drug-likeness (QED) is 0.304. The number of oxime groups is 1. The Morgan fingerprint density at radius 2 is 2.42 bits per heavy atom. The molecule has 7 nitrogen and oxygen atoms in total. The van der Waals surface area contributed by atoms with Crippen molar-refractivity contribution in [1.82, 2.24) is 10.3 Å². The van der Waals surface area contributed by atoms with Crippen LogP contribution in [0.3, 0.4) is 0 Å². The van der Waals surface area contributed by atoms with Crippen LogP contribution in [0.1, 0.15) is 30.1 Å². The highest BCUT2D eigenvalue weighted by atomic mass is 16.5. The maximum atomic E-state index is 12.1. The van der Waals surface area contributed by atoms with Gasteiger partial charge in [-0.15, -0.1) is 0 Å². The van der Waals surface area contributed by atoms with Gasteiger partial charge >= 0.3 is 0 Å². The fraction of sp³-hybridized carbons (Fsp3) is 0.417. The number of carbonyl (C=O) groups excluding carboxylic acids is 1. The highest BCUT2D eigenvalue weighted by molar-refractivity contribution is 6.00. The zero-order valence-corrected chi connectivity index (χ0v) is 11.0. The fourth-order valence-electron chi connectivity index (χ4n) is 1.62. The summed E-state index contributed by atoms with van der Waals surface area (Å²) in [6.45, 7) is 1.94. The summed E-state index contributed by atoms with van der Waals surface area (Å²) in [4.78, 5) is 16.0. The number of rotatable bonds is 6. The molecule has 1 atom stereocenters. The average molecular weight is 266 g/mol. The third-order valence-corrected chi connectivity index (χ3v) is 2.60. The number of methoxy groups -OCH3 is 1. The molecule has 0 aliphatic carbocycles. The van der Waals surface area contributed by atoms with Crippen molar-refractivity contribution in [2.24, 2.45) is 10.9 Å². The van der Waals surface area contributed by atoms with Crippen molar-refractivity contribution < 1.29 is 14.7 Å². The van der Waals surface area contributed by atoms with Crippen molar-refractivity contribution in [2.45, 2.75) is 25.8 Å². The lowest BCUT2D eigenvalue weighted by Crippen LogP contribution is -2.44. The van der Waals surface area contributed by atoms with Crippen molar-refractivity contribution in [3.63, 3.8) is 0 Å². The van der Waals surface area contributed by atoms with Gasteiger partial charge in [-0.05, 0) is 12.5 Å². The molecule has 1 aromatic rings. The van der Waals surface area contributed by atoms with Gasteiger partial charge in [0.1, 0.15) is 5.75 Å². The largest absolute Gasteiger partial charge is 0.494 e. The number of amidine groups is 1. The molecule has 0 aromatic carbocycles. The summed E-state index contributed by atoms with van der Waals surface area (Å²) >= 11 is 0. The number of carbonyl (C=O) groups is 1. The van der Waals surface area contributed by atoms with Crippen molar-refractivity contribution in [2.75, 3.05) is 7.11 Å². The summed E-state index contributed by atoms with van der Waals surface area (Å²) in [5.74, 6) is -0.0118. The van der Waals surface area contributed by atoms with E-state index in [1.807, 2.05) is 6.92 Å². The molecule has 0 aliphatic heterocycles. The molecule has 0 aliphatic rings. The molecule has 0 spiro atoms. The van der Waals surface area contributed by atoms with Gasteiger partial charge in [-0.2, -0.15) is 0 Å². The van der Waals surface area contributed by atoms with Crippen LogP contribution in [0.15, 0.2) is 23.6 Å². The minimum atomic E-state index is -0.514. The van der Waals surface area contributed by atoms with E-state index in [2.05, 4.69) is 15.5 Å². The zero-order chi connectivity index (χ0) is 14.3. The van der Waals surface area contributed by atoms with Crippen molar-refractivity contribution in [3.8, 4) is 5.75 Å². The number of hydrogen-bond acceptors (Lipinski definition) is 5. The highest BCUT2D eigenvalue weighted by Gasteiger charge is 2.19. The first kappa shape index (κ1) is 14.7. The number of nitrogens with one attached hydrogen (secondary N) is 1. The van der Waals surface area contributed by atoms with Gasteiger partial charge in [-0.25, -0.2) is 0 Å². The molecule has 1 aromatic heterocycles. The number of pyridine rings is 1. The monoisotopic (exact) mass is 266 g/mol. The SMILES string of the molecule is CCCC(NC(=O)c1ccncc1OC)/C(N)=N/O. The van der Waals surface area contributed by atoms with E-state index in [0.29, 0.717) is 17.7 Å². The van der Waals surface area contributed by atoms with E-state index in [0.717, 1.165) is 6.42 Å². The Morgan fingerprint density at radius 3 is 3.00 bits per heavy atom. The van der Waals surface area contributed by atoms with Gasteiger partial charge in [0.15, 0.2) is 5.84 Å². The van der Waals surface area contributed by atoms with E-state index >= 15 is 0 Å². The summed E-state index contributed by atoms with van der Waals surface area (Å²) in [5, 5.41) is 14.3. The van der Waals surface area contributed by atoms with Crippen LogP contribution in [-0.4, -0.2) is 35.1 Å². The van der Waals surface area contributed by atoms with Gasteiger partial charge in [0, 0.05) is 6.20 Å². The van der Waals surface area contributed by atoms with E-state index in [1.54, 1.807) is 6.07 Å². The van der Waals surface area contributed by atoms with Gasteiger partial charge in [-0.1, -0.05) is 18.5 Å². The smallest absolute Gasteiger partial charge is 0.255 e. The van der Waals surface area contributed by atoms with Gasteiger partial charge in [0.2, 0.25) is 0 Å².